The quantitative estimate of drug-likeness (QED) is 0.770. The molecule has 1 amide bonds. The van der Waals surface area contributed by atoms with Crippen molar-refractivity contribution in [3.8, 4) is 5.75 Å². The SMILES string of the molecule is COc1c(C(F)F)c(C(N)=O)c[nH]c1=O. The maximum Gasteiger partial charge on any atom is 0.290 e. The zero-order valence-corrected chi connectivity index (χ0v) is 7.71. The lowest BCUT2D eigenvalue weighted by atomic mass is 10.1. The van der Waals surface area contributed by atoms with Crippen LogP contribution in [-0.4, -0.2) is 18.0 Å². The number of H-pyrrole nitrogens is 1. The van der Waals surface area contributed by atoms with Crippen LogP contribution in [-0.2, 0) is 0 Å². The van der Waals surface area contributed by atoms with E-state index in [1.165, 1.54) is 0 Å². The summed E-state index contributed by atoms with van der Waals surface area (Å²) in [7, 11) is 1.06. The summed E-state index contributed by atoms with van der Waals surface area (Å²) in [6.07, 6.45) is -2.17. The molecule has 0 radical (unpaired) electrons. The highest BCUT2D eigenvalue weighted by molar-refractivity contribution is 5.94. The Bertz CT molecular complexity index is 442. The molecule has 0 atom stereocenters. The van der Waals surface area contributed by atoms with Crippen molar-refractivity contribution in [2.75, 3.05) is 7.11 Å². The fourth-order valence-electron chi connectivity index (χ4n) is 1.15. The van der Waals surface area contributed by atoms with Crippen LogP contribution in [0.5, 0.6) is 5.75 Å². The topological polar surface area (TPSA) is 85.2 Å². The van der Waals surface area contributed by atoms with Gasteiger partial charge in [-0.25, -0.2) is 8.78 Å². The Morgan fingerprint density at radius 1 is 1.60 bits per heavy atom. The van der Waals surface area contributed by atoms with Crippen LogP contribution >= 0.6 is 0 Å². The molecular formula is C8H8F2N2O3. The second kappa shape index (κ2) is 4.07. The highest BCUT2D eigenvalue weighted by atomic mass is 19.3. The number of aromatic nitrogens is 1. The predicted octanol–water partition coefficient (Wildman–Crippen LogP) is 0.420. The number of hydrogen-bond acceptors (Lipinski definition) is 3. The number of ether oxygens (including phenoxy) is 1. The minimum absolute atomic E-state index is 0.457. The molecule has 15 heavy (non-hydrogen) atoms. The number of pyridine rings is 1. The van der Waals surface area contributed by atoms with E-state index >= 15 is 0 Å². The van der Waals surface area contributed by atoms with Gasteiger partial charge in [-0.1, -0.05) is 0 Å². The fraction of sp³-hybridized carbons (Fsp3) is 0.250. The molecule has 3 N–H and O–H groups in total. The molecule has 5 nitrogen and oxygen atoms in total. The molecule has 0 spiro atoms. The van der Waals surface area contributed by atoms with Gasteiger partial charge in [0.25, 0.3) is 17.9 Å². The van der Waals surface area contributed by atoms with Crippen LogP contribution in [0.3, 0.4) is 0 Å². The number of rotatable bonds is 3. The highest BCUT2D eigenvalue weighted by Gasteiger charge is 2.24. The summed E-state index contributed by atoms with van der Waals surface area (Å²) in [6, 6.07) is 0. The first-order valence-corrected chi connectivity index (χ1v) is 3.86. The largest absolute Gasteiger partial charge is 0.491 e. The summed E-state index contributed by atoms with van der Waals surface area (Å²) >= 11 is 0. The van der Waals surface area contributed by atoms with Crippen molar-refractivity contribution >= 4 is 5.91 Å². The fourth-order valence-corrected chi connectivity index (χ4v) is 1.15. The summed E-state index contributed by atoms with van der Waals surface area (Å²) in [5, 5.41) is 0. The van der Waals surface area contributed by atoms with Crippen molar-refractivity contribution in [1.29, 1.82) is 0 Å². The van der Waals surface area contributed by atoms with Gasteiger partial charge < -0.3 is 15.5 Å². The van der Waals surface area contributed by atoms with Crippen LogP contribution in [0.25, 0.3) is 0 Å². The molecule has 1 heterocycles. The Labute approximate surface area is 82.9 Å². The van der Waals surface area contributed by atoms with E-state index in [9.17, 15) is 18.4 Å². The Balaban J connectivity index is 3.56. The molecule has 1 aromatic heterocycles. The van der Waals surface area contributed by atoms with E-state index in [-0.39, 0.29) is 0 Å². The van der Waals surface area contributed by atoms with E-state index < -0.39 is 34.8 Å². The number of hydrogen-bond donors (Lipinski definition) is 2. The third-order valence-corrected chi connectivity index (χ3v) is 1.78. The highest BCUT2D eigenvalue weighted by Crippen LogP contribution is 2.28. The number of halogens is 2. The number of carbonyl (C=O) groups excluding carboxylic acids is 1. The molecule has 0 fully saturated rings. The summed E-state index contributed by atoms with van der Waals surface area (Å²) in [5.74, 6) is -1.65. The number of methoxy groups -OCH3 is 1. The van der Waals surface area contributed by atoms with Gasteiger partial charge in [-0.05, 0) is 0 Å². The lowest BCUT2D eigenvalue weighted by Crippen LogP contribution is -2.20. The first-order valence-electron chi connectivity index (χ1n) is 3.86. The van der Waals surface area contributed by atoms with Crippen molar-refractivity contribution in [2.24, 2.45) is 5.73 Å². The second-order valence-electron chi connectivity index (χ2n) is 2.64. The normalized spacial score (nSPS) is 10.4. The van der Waals surface area contributed by atoms with Gasteiger partial charge in [-0.15, -0.1) is 0 Å². The smallest absolute Gasteiger partial charge is 0.290 e. The van der Waals surface area contributed by atoms with Crippen molar-refractivity contribution in [3.05, 3.63) is 27.7 Å². The van der Waals surface area contributed by atoms with Gasteiger partial charge in [0.1, 0.15) is 0 Å². The van der Waals surface area contributed by atoms with E-state index in [4.69, 9.17) is 5.73 Å². The van der Waals surface area contributed by atoms with E-state index in [2.05, 4.69) is 9.72 Å². The third kappa shape index (κ3) is 1.95. The first kappa shape index (κ1) is 11.2. The van der Waals surface area contributed by atoms with Gasteiger partial charge in [0, 0.05) is 6.20 Å². The van der Waals surface area contributed by atoms with Crippen molar-refractivity contribution < 1.29 is 18.3 Å². The number of primary amides is 1. The van der Waals surface area contributed by atoms with Gasteiger partial charge in [0.05, 0.1) is 18.2 Å². The van der Waals surface area contributed by atoms with Crippen molar-refractivity contribution in [1.82, 2.24) is 4.98 Å². The lowest BCUT2D eigenvalue weighted by molar-refractivity contribution is 0.0983. The molecular weight excluding hydrogens is 210 g/mol. The van der Waals surface area contributed by atoms with Crippen LogP contribution in [0.15, 0.2) is 11.0 Å². The van der Waals surface area contributed by atoms with E-state index in [0.717, 1.165) is 13.3 Å². The minimum atomic E-state index is -3.01. The zero-order chi connectivity index (χ0) is 11.6. The molecule has 0 aromatic carbocycles. The molecule has 0 aliphatic carbocycles. The van der Waals surface area contributed by atoms with Crippen LogP contribution < -0.4 is 16.0 Å². The zero-order valence-electron chi connectivity index (χ0n) is 7.71. The van der Waals surface area contributed by atoms with Crippen LogP contribution in [0, 0.1) is 0 Å². The average Bonchev–Trinajstić information content (AvgIpc) is 2.16. The summed E-state index contributed by atoms with van der Waals surface area (Å²) in [4.78, 5) is 24.0. The van der Waals surface area contributed by atoms with Gasteiger partial charge in [-0.2, -0.15) is 0 Å². The molecule has 82 valence electrons. The number of carbonyl (C=O) groups is 1. The van der Waals surface area contributed by atoms with E-state index in [0.29, 0.717) is 0 Å². The summed E-state index contributed by atoms with van der Waals surface area (Å²) < 4.78 is 29.6. The lowest BCUT2D eigenvalue weighted by Gasteiger charge is -2.09. The van der Waals surface area contributed by atoms with Crippen LogP contribution in [0.2, 0.25) is 0 Å². The molecule has 0 unspecified atom stereocenters. The molecule has 1 aromatic rings. The number of nitrogens with one attached hydrogen (secondary N) is 1. The number of alkyl halides is 2. The summed E-state index contributed by atoms with van der Waals surface area (Å²) in [5.41, 5.74) is 2.80. The molecule has 0 saturated heterocycles. The second-order valence-corrected chi connectivity index (χ2v) is 2.64. The Hall–Kier alpha value is -1.92. The van der Waals surface area contributed by atoms with Crippen LogP contribution in [0.1, 0.15) is 22.3 Å². The van der Waals surface area contributed by atoms with Crippen molar-refractivity contribution in [3.63, 3.8) is 0 Å². The Morgan fingerprint density at radius 3 is 2.60 bits per heavy atom. The van der Waals surface area contributed by atoms with Gasteiger partial charge >= 0.3 is 0 Å². The number of aromatic amines is 1. The maximum atomic E-state index is 12.6. The Morgan fingerprint density at radius 2 is 2.20 bits per heavy atom. The Kier molecular flexibility index (Phi) is 3.03. The maximum absolute atomic E-state index is 12.6. The van der Waals surface area contributed by atoms with Crippen LogP contribution in [0.4, 0.5) is 8.78 Å². The van der Waals surface area contributed by atoms with Gasteiger partial charge in [-0.3, -0.25) is 9.59 Å². The molecule has 0 aliphatic heterocycles. The van der Waals surface area contributed by atoms with Gasteiger partial charge in [0.15, 0.2) is 5.75 Å². The molecule has 0 aliphatic rings. The molecule has 7 heteroatoms. The summed E-state index contributed by atoms with van der Waals surface area (Å²) in [6.45, 7) is 0. The molecule has 1 rings (SSSR count). The molecule has 0 saturated carbocycles. The monoisotopic (exact) mass is 218 g/mol. The number of amides is 1. The molecule has 0 bridgehead atoms. The van der Waals surface area contributed by atoms with Gasteiger partial charge in [0.2, 0.25) is 0 Å². The number of nitrogens with two attached hydrogens (primary N) is 1. The predicted molar refractivity (Wildman–Crippen MR) is 47.1 cm³/mol. The average molecular weight is 218 g/mol. The third-order valence-electron chi connectivity index (χ3n) is 1.78. The van der Waals surface area contributed by atoms with Crippen molar-refractivity contribution in [2.45, 2.75) is 6.43 Å². The van der Waals surface area contributed by atoms with E-state index in [1.54, 1.807) is 0 Å². The van der Waals surface area contributed by atoms with E-state index in [1.807, 2.05) is 0 Å². The standard InChI is InChI=1S/C8H8F2N2O3/c1-15-5-4(6(9)10)3(7(11)13)2-12-8(5)14/h2,6H,1H3,(H2,11,13)(H,12,14). The first-order chi connectivity index (χ1) is 6.99. The minimum Gasteiger partial charge on any atom is -0.491 e.